The molecule has 0 aliphatic heterocycles. The maximum atomic E-state index is 5.08. The van der Waals surface area contributed by atoms with Crippen molar-refractivity contribution in [2.45, 2.75) is 12.8 Å². The predicted octanol–water partition coefficient (Wildman–Crippen LogP) is 1.71. The van der Waals surface area contributed by atoms with E-state index in [0.29, 0.717) is 6.61 Å². The number of hydrogen-bond acceptors (Lipinski definition) is 4. The zero-order chi connectivity index (χ0) is 10.9. The lowest BCUT2D eigenvalue weighted by atomic mass is 10.1. The van der Waals surface area contributed by atoms with E-state index in [-0.39, 0.29) is 0 Å². The summed E-state index contributed by atoms with van der Waals surface area (Å²) in [6.07, 6.45) is 1.93. The van der Waals surface area contributed by atoms with E-state index in [1.54, 1.807) is 7.11 Å². The summed E-state index contributed by atoms with van der Waals surface area (Å²) in [4.78, 5) is 9.49. The highest BCUT2D eigenvalue weighted by atomic mass is 16.9. The molecule has 4 heteroatoms. The number of ether oxygens (including phenoxy) is 1. The number of nitrogens with one attached hydrogen (secondary N) is 1. The van der Waals surface area contributed by atoms with Gasteiger partial charge in [0, 0.05) is 0 Å². The molecule has 0 spiro atoms. The molecule has 0 aliphatic rings. The van der Waals surface area contributed by atoms with Gasteiger partial charge >= 0.3 is 0 Å². The zero-order valence-corrected chi connectivity index (χ0v) is 9.16. The minimum Gasteiger partial charge on any atom is -0.497 e. The highest BCUT2D eigenvalue weighted by Crippen LogP contribution is 2.12. The molecule has 0 atom stereocenters. The standard InChI is InChI=1S/C11H17NO3/c1-13-11-7-5-10(6-8-11)4-3-9-15-12-14-2/h5-8,12H,3-4,9H2,1-2H3. The van der Waals surface area contributed by atoms with Crippen LogP contribution in [-0.4, -0.2) is 20.8 Å². The second-order valence-corrected chi connectivity index (χ2v) is 3.09. The second kappa shape index (κ2) is 7.23. The molecule has 0 fully saturated rings. The first-order valence-electron chi connectivity index (χ1n) is 4.89. The van der Waals surface area contributed by atoms with Crippen molar-refractivity contribution >= 4 is 0 Å². The molecule has 1 N–H and O–H groups in total. The Morgan fingerprint density at radius 3 is 2.47 bits per heavy atom. The summed E-state index contributed by atoms with van der Waals surface area (Å²) in [6.45, 7) is 0.625. The molecule has 4 nitrogen and oxygen atoms in total. The Morgan fingerprint density at radius 2 is 1.87 bits per heavy atom. The number of aryl methyl sites for hydroxylation is 1. The van der Waals surface area contributed by atoms with Crippen LogP contribution in [0.1, 0.15) is 12.0 Å². The average Bonchev–Trinajstić information content (AvgIpc) is 2.30. The van der Waals surface area contributed by atoms with E-state index >= 15 is 0 Å². The van der Waals surface area contributed by atoms with Gasteiger partial charge in [-0.1, -0.05) is 17.8 Å². The van der Waals surface area contributed by atoms with Crippen LogP contribution in [0.25, 0.3) is 0 Å². The maximum absolute atomic E-state index is 5.08. The third-order valence-electron chi connectivity index (χ3n) is 2.01. The monoisotopic (exact) mass is 211 g/mol. The van der Waals surface area contributed by atoms with Crippen molar-refractivity contribution in [3.8, 4) is 5.75 Å². The summed E-state index contributed by atoms with van der Waals surface area (Å²) < 4.78 is 5.08. The van der Waals surface area contributed by atoms with Crippen molar-refractivity contribution in [2.75, 3.05) is 20.8 Å². The molecule has 0 heterocycles. The first-order valence-corrected chi connectivity index (χ1v) is 4.89. The Balaban J connectivity index is 2.20. The van der Waals surface area contributed by atoms with E-state index < -0.39 is 0 Å². The van der Waals surface area contributed by atoms with Crippen LogP contribution in [0.15, 0.2) is 24.3 Å². The summed E-state index contributed by atoms with van der Waals surface area (Å²) in [5.41, 5.74) is 3.61. The van der Waals surface area contributed by atoms with Gasteiger partial charge in [0.25, 0.3) is 0 Å². The summed E-state index contributed by atoms with van der Waals surface area (Å²) in [7, 11) is 3.18. The highest BCUT2D eigenvalue weighted by molar-refractivity contribution is 5.27. The lowest BCUT2D eigenvalue weighted by Gasteiger charge is -2.04. The molecule has 0 unspecified atom stereocenters. The molecule has 84 valence electrons. The molecule has 1 aromatic carbocycles. The van der Waals surface area contributed by atoms with Gasteiger partial charge in [-0.05, 0) is 30.5 Å². The molecule has 0 saturated heterocycles. The van der Waals surface area contributed by atoms with Crippen LogP contribution in [0.3, 0.4) is 0 Å². The predicted molar refractivity (Wildman–Crippen MR) is 57.4 cm³/mol. The maximum Gasteiger partial charge on any atom is 0.118 e. The molecular weight excluding hydrogens is 194 g/mol. The van der Waals surface area contributed by atoms with Crippen molar-refractivity contribution in [1.82, 2.24) is 5.64 Å². The second-order valence-electron chi connectivity index (χ2n) is 3.09. The van der Waals surface area contributed by atoms with Crippen molar-refractivity contribution in [1.29, 1.82) is 0 Å². The van der Waals surface area contributed by atoms with Crippen LogP contribution in [0.2, 0.25) is 0 Å². The van der Waals surface area contributed by atoms with Gasteiger partial charge in [0.2, 0.25) is 0 Å². The molecule has 0 amide bonds. The number of benzene rings is 1. The van der Waals surface area contributed by atoms with Gasteiger partial charge in [-0.2, -0.15) is 0 Å². The first-order chi connectivity index (χ1) is 7.36. The van der Waals surface area contributed by atoms with Crippen molar-refractivity contribution in [3.63, 3.8) is 0 Å². The topological polar surface area (TPSA) is 39.7 Å². The largest absolute Gasteiger partial charge is 0.497 e. The van der Waals surface area contributed by atoms with Crippen LogP contribution in [0.4, 0.5) is 0 Å². The molecule has 0 radical (unpaired) electrons. The number of rotatable bonds is 7. The molecular formula is C11H17NO3. The van der Waals surface area contributed by atoms with Gasteiger partial charge in [-0.3, -0.25) is 9.68 Å². The zero-order valence-electron chi connectivity index (χ0n) is 9.16. The smallest absolute Gasteiger partial charge is 0.118 e. The van der Waals surface area contributed by atoms with Crippen molar-refractivity contribution in [3.05, 3.63) is 29.8 Å². The van der Waals surface area contributed by atoms with Gasteiger partial charge < -0.3 is 4.74 Å². The minimum absolute atomic E-state index is 0.625. The minimum atomic E-state index is 0.625. The molecule has 0 bridgehead atoms. The van der Waals surface area contributed by atoms with Crippen molar-refractivity contribution < 1.29 is 14.4 Å². The quantitative estimate of drug-likeness (QED) is 0.550. The van der Waals surface area contributed by atoms with Crippen molar-refractivity contribution in [2.24, 2.45) is 0 Å². The van der Waals surface area contributed by atoms with Crippen LogP contribution in [-0.2, 0) is 16.1 Å². The van der Waals surface area contributed by atoms with Crippen LogP contribution >= 0.6 is 0 Å². The Bertz CT molecular complexity index is 261. The van der Waals surface area contributed by atoms with Gasteiger partial charge in [0.05, 0.1) is 20.8 Å². The van der Waals surface area contributed by atoms with E-state index in [9.17, 15) is 0 Å². The Morgan fingerprint density at radius 1 is 1.13 bits per heavy atom. The third-order valence-corrected chi connectivity index (χ3v) is 2.01. The molecule has 1 rings (SSSR count). The lowest BCUT2D eigenvalue weighted by molar-refractivity contribution is -0.151. The Hall–Kier alpha value is -1.10. The van der Waals surface area contributed by atoms with Crippen LogP contribution in [0.5, 0.6) is 5.75 Å². The van der Waals surface area contributed by atoms with Gasteiger partial charge in [0.1, 0.15) is 5.75 Å². The molecule has 0 aliphatic carbocycles. The summed E-state index contributed by atoms with van der Waals surface area (Å²) in [5.74, 6) is 0.885. The normalized spacial score (nSPS) is 10.3. The fraction of sp³-hybridized carbons (Fsp3) is 0.455. The number of hydrogen-bond donors (Lipinski definition) is 1. The van der Waals surface area contributed by atoms with Crippen LogP contribution in [0, 0.1) is 0 Å². The third kappa shape index (κ3) is 4.78. The fourth-order valence-corrected chi connectivity index (χ4v) is 1.24. The van der Waals surface area contributed by atoms with Gasteiger partial charge in [0.15, 0.2) is 0 Å². The summed E-state index contributed by atoms with van der Waals surface area (Å²) >= 11 is 0. The van der Waals surface area contributed by atoms with E-state index in [0.717, 1.165) is 18.6 Å². The van der Waals surface area contributed by atoms with Gasteiger partial charge in [-0.25, -0.2) is 0 Å². The van der Waals surface area contributed by atoms with Crippen LogP contribution < -0.4 is 10.4 Å². The fourth-order valence-electron chi connectivity index (χ4n) is 1.24. The molecule has 15 heavy (non-hydrogen) atoms. The average molecular weight is 211 g/mol. The highest BCUT2D eigenvalue weighted by Gasteiger charge is 1.94. The summed E-state index contributed by atoms with van der Waals surface area (Å²) in [5, 5.41) is 0. The molecule has 0 saturated carbocycles. The lowest BCUT2D eigenvalue weighted by Crippen LogP contribution is -2.13. The molecule has 1 aromatic rings. The Labute approximate surface area is 90.1 Å². The summed E-state index contributed by atoms with van der Waals surface area (Å²) in [6, 6.07) is 8.04. The SMILES string of the molecule is CONOCCCc1ccc(OC)cc1. The van der Waals surface area contributed by atoms with E-state index in [4.69, 9.17) is 9.57 Å². The first kappa shape index (κ1) is 12.0. The van der Waals surface area contributed by atoms with Gasteiger partial charge in [-0.15, -0.1) is 0 Å². The van der Waals surface area contributed by atoms with E-state index in [1.807, 2.05) is 12.1 Å². The van der Waals surface area contributed by atoms with E-state index in [2.05, 4.69) is 22.6 Å². The Kier molecular flexibility index (Phi) is 5.77. The molecule has 0 aromatic heterocycles. The number of methoxy groups -OCH3 is 1. The van der Waals surface area contributed by atoms with E-state index in [1.165, 1.54) is 12.7 Å².